The summed E-state index contributed by atoms with van der Waals surface area (Å²) in [5.41, 5.74) is 0.642. The Hall–Kier alpha value is -2.23. The maximum absolute atomic E-state index is 11.9. The zero-order valence-electron chi connectivity index (χ0n) is 11.5. The smallest absolute Gasteiger partial charge is 0.224 e. The number of benzene rings is 1. The number of nitrogens with one attached hydrogen (secondary N) is 1. The van der Waals surface area contributed by atoms with Crippen LogP contribution in [0.5, 0.6) is 5.75 Å². The number of aromatic hydroxyl groups is 1. The molecule has 1 amide bonds. The first-order chi connectivity index (χ1) is 9.65. The number of rotatable bonds is 6. The molecule has 0 radical (unpaired) electrons. The Bertz CT molecular complexity index is 549. The van der Waals surface area contributed by atoms with Gasteiger partial charge < -0.3 is 14.8 Å². The third kappa shape index (κ3) is 4.16. The monoisotopic (exact) mass is 273 g/mol. The summed E-state index contributed by atoms with van der Waals surface area (Å²) in [4.78, 5) is 11.9. The number of carbonyl (C=O) groups excluding carboxylic acids is 1. The van der Waals surface area contributed by atoms with Gasteiger partial charge in [0.2, 0.25) is 5.91 Å². The summed E-state index contributed by atoms with van der Waals surface area (Å²) in [5, 5.41) is 12.6. The van der Waals surface area contributed by atoms with Crippen molar-refractivity contribution in [2.24, 2.45) is 0 Å². The summed E-state index contributed by atoms with van der Waals surface area (Å²) in [7, 11) is 0. The molecule has 0 spiro atoms. The van der Waals surface area contributed by atoms with Crippen LogP contribution in [-0.2, 0) is 17.6 Å². The van der Waals surface area contributed by atoms with E-state index in [0.29, 0.717) is 5.56 Å². The fourth-order valence-corrected chi connectivity index (χ4v) is 2.04. The molecule has 4 heteroatoms. The minimum absolute atomic E-state index is 0.0680. The third-order valence-corrected chi connectivity index (χ3v) is 3.15. The fraction of sp³-hybridized carbons (Fsp3) is 0.312. The van der Waals surface area contributed by atoms with E-state index < -0.39 is 0 Å². The molecular formula is C16H19NO3. The highest BCUT2D eigenvalue weighted by atomic mass is 16.3. The van der Waals surface area contributed by atoms with Crippen molar-refractivity contribution in [1.82, 2.24) is 5.32 Å². The van der Waals surface area contributed by atoms with Gasteiger partial charge in [0.1, 0.15) is 11.5 Å². The van der Waals surface area contributed by atoms with E-state index in [4.69, 9.17) is 4.42 Å². The molecule has 0 aliphatic rings. The highest BCUT2D eigenvalue weighted by Gasteiger charge is 2.10. The Kier molecular flexibility index (Phi) is 4.82. The second-order valence-electron chi connectivity index (χ2n) is 4.89. The zero-order valence-corrected chi connectivity index (χ0v) is 11.5. The number of aryl methyl sites for hydroxylation is 1. The summed E-state index contributed by atoms with van der Waals surface area (Å²) < 4.78 is 5.25. The highest BCUT2D eigenvalue weighted by Crippen LogP contribution is 2.16. The largest absolute Gasteiger partial charge is 0.508 e. The molecule has 106 valence electrons. The zero-order chi connectivity index (χ0) is 14.4. The van der Waals surface area contributed by atoms with Crippen molar-refractivity contribution in [3.8, 4) is 5.75 Å². The average Bonchev–Trinajstić information content (AvgIpc) is 2.92. The van der Waals surface area contributed by atoms with Crippen molar-refractivity contribution in [3.05, 3.63) is 54.0 Å². The molecule has 1 unspecified atom stereocenters. The molecule has 1 aromatic carbocycles. The van der Waals surface area contributed by atoms with Gasteiger partial charge in [0.15, 0.2) is 0 Å². The first-order valence-corrected chi connectivity index (χ1v) is 6.74. The van der Waals surface area contributed by atoms with Crippen molar-refractivity contribution in [2.75, 3.05) is 0 Å². The number of phenols is 1. The number of amides is 1. The predicted octanol–water partition coefficient (Wildman–Crippen LogP) is 2.67. The van der Waals surface area contributed by atoms with Gasteiger partial charge in [0, 0.05) is 18.0 Å². The van der Waals surface area contributed by atoms with E-state index in [9.17, 15) is 9.90 Å². The Labute approximate surface area is 118 Å². The lowest BCUT2D eigenvalue weighted by molar-refractivity contribution is -0.121. The van der Waals surface area contributed by atoms with Gasteiger partial charge in [0.05, 0.1) is 12.7 Å². The summed E-state index contributed by atoms with van der Waals surface area (Å²) >= 11 is 0. The number of phenolic OH excluding ortho intramolecular Hbond substituents is 1. The molecule has 20 heavy (non-hydrogen) atoms. The van der Waals surface area contributed by atoms with Gasteiger partial charge in [-0.3, -0.25) is 4.79 Å². The molecule has 0 fully saturated rings. The Morgan fingerprint density at radius 2 is 2.10 bits per heavy atom. The van der Waals surface area contributed by atoms with Crippen LogP contribution in [0.15, 0.2) is 47.1 Å². The maximum Gasteiger partial charge on any atom is 0.224 e. The van der Waals surface area contributed by atoms with Crippen molar-refractivity contribution in [3.63, 3.8) is 0 Å². The van der Waals surface area contributed by atoms with E-state index in [0.717, 1.165) is 18.6 Å². The van der Waals surface area contributed by atoms with E-state index in [1.165, 1.54) is 0 Å². The standard InChI is InChI=1S/C16H19NO3/c1-12(8-9-14-6-4-10-20-14)17-16(19)11-13-5-2-3-7-15(13)18/h2-7,10,12,18H,8-9,11H2,1H3,(H,17,19). The second-order valence-corrected chi connectivity index (χ2v) is 4.89. The molecule has 2 N–H and O–H groups in total. The summed E-state index contributed by atoms with van der Waals surface area (Å²) in [6.45, 7) is 1.96. The first-order valence-electron chi connectivity index (χ1n) is 6.74. The lowest BCUT2D eigenvalue weighted by Gasteiger charge is -2.13. The average molecular weight is 273 g/mol. The van der Waals surface area contributed by atoms with Crippen LogP contribution in [0.25, 0.3) is 0 Å². The van der Waals surface area contributed by atoms with Crippen molar-refractivity contribution in [2.45, 2.75) is 32.2 Å². The van der Waals surface area contributed by atoms with Crippen molar-refractivity contribution < 1.29 is 14.3 Å². The van der Waals surface area contributed by atoms with E-state index in [1.54, 1.807) is 24.5 Å². The van der Waals surface area contributed by atoms with Crippen LogP contribution in [0.3, 0.4) is 0 Å². The van der Waals surface area contributed by atoms with Gasteiger partial charge in [-0.25, -0.2) is 0 Å². The predicted molar refractivity (Wildman–Crippen MR) is 76.4 cm³/mol. The van der Waals surface area contributed by atoms with Gasteiger partial charge in [-0.05, 0) is 31.5 Å². The minimum atomic E-state index is -0.0848. The number of carbonyl (C=O) groups is 1. The summed E-state index contributed by atoms with van der Waals surface area (Å²) in [6.07, 6.45) is 3.46. The maximum atomic E-state index is 11.9. The molecule has 0 aliphatic carbocycles. The van der Waals surface area contributed by atoms with Gasteiger partial charge >= 0.3 is 0 Å². The first kappa shape index (κ1) is 14.2. The number of hydrogen-bond acceptors (Lipinski definition) is 3. The van der Waals surface area contributed by atoms with Crippen LogP contribution in [0, 0.1) is 0 Å². The summed E-state index contributed by atoms with van der Waals surface area (Å²) in [6, 6.07) is 10.7. The molecule has 1 atom stereocenters. The normalized spacial score (nSPS) is 12.1. The van der Waals surface area contributed by atoms with Crippen molar-refractivity contribution in [1.29, 1.82) is 0 Å². The third-order valence-electron chi connectivity index (χ3n) is 3.15. The van der Waals surface area contributed by atoms with E-state index in [-0.39, 0.29) is 24.1 Å². The topological polar surface area (TPSA) is 62.5 Å². The van der Waals surface area contributed by atoms with Crippen LogP contribution in [0.4, 0.5) is 0 Å². The molecule has 2 rings (SSSR count). The molecule has 0 saturated heterocycles. The molecule has 0 bridgehead atoms. The highest BCUT2D eigenvalue weighted by molar-refractivity contribution is 5.79. The van der Waals surface area contributed by atoms with Crippen LogP contribution < -0.4 is 5.32 Å². The fourth-order valence-electron chi connectivity index (χ4n) is 2.04. The molecule has 4 nitrogen and oxygen atoms in total. The molecule has 2 aromatic rings. The van der Waals surface area contributed by atoms with Crippen LogP contribution >= 0.6 is 0 Å². The quantitative estimate of drug-likeness (QED) is 0.850. The van der Waals surface area contributed by atoms with E-state index in [1.807, 2.05) is 25.1 Å². The molecule has 0 saturated carbocycles. The van der Waals surface area contributed by atoms with Gasteiger partial charge in [-0.1, -0.05) is 18.2 Å². The van der Waals surface area contributed by atoms with E-state index in [2.05, 4.69) is 5.32 Å². The number of furan rings is 1. The minimum Gasteiger partial charge on any atom is -0.508 e. The Morgan fingerprint density at radius 1 is 1.30 bits per heavy atom. The Morgan fingerprint density at radius 3 is 2.80 bits per heavy atom. The molecule has 1 aromatic heterocycles. The SMILES string of the molecule is CC(CCc1ccco1)NC(=O)Cc1ccccc1O. The van der Waals surface area contributed by atoms with Crippen LogP contribution in [-0.4, -0.2) is 17.1 Å². The Balaban J connectivity index is 1.78. The second kappa shape index (κ2) is 6.80. The van der Waals surface area contributed by atoms with Crippen molar-refractivity contribution >= 4 is 5.91 Å². The summed E-state index contributed by atoms with van der Waals surface area (Å²) in [5.74, 6) is 0.996. The molecular weight excluding hydrogens is 254 g/mol. The lowest BCUT2D eigenvalue weighted by atomic mass is 10.1. The molecule has 1 heterocycles. The van der Waals surface area contributed by atoms with Gasteiger partial charge in [-0.2, -0.15) is 0 Å². The number of hydrogen-bond donors (Lipinski definition) is 2. The van der Waals surface area contributed by atoms with Gasteiger partial charge in [0.25, 0.3) is 0 Å². The lowest BCUT2D eigenvalue weighted by Crippen LogP contribution is -2.34. The number of para-hydroxylation sites is 1. The molecule has 0 aliphatic heterocycles. The van der Waals surface area contributed by atoms with Crippen LogP contribution in [0.1, 0.15) is 24.7 Å². The van der Waals surface area contributed by atoms with E-state index >= 15 is 0 Å². The van der Waals surface area contributed by atoms with Gasteiger partial charge in [-0.15, -0.1) is 0 Å². The van der Waals surface area contributed by atoms with Crippen LogP contribution in [0.2, 0.25) is 0 Å².